The number of aromatic nitrogens is 1. The average Bonchev–Trinajstić information content (AvgIpc) is 3.07. The second kappa shape index (κ2) is 7.41. The molecule has 0 aliphatic heterocycles. The van der Waals surface area contributed by atoms with E-state index in [-0.39, 0.29) is 24.8 Å². The van der Waals surface area contributed by atoms with Crippen molar-refractivity contribution in [3.8, 4) is 11.5 Å². The summed E-state index contributed by atoms with van der Waals surface area (Å²) in [5.41, 5.74) is 1.43. The molecular formula is C16H20N2O4S. The van der Waals surface area contributed by atoms with Gasteiger partial charge in [0.05, 0.1) is 12.1 Å². The molecule has 0 aliphatic rings. The van der Waals surface area contributed by atoms with Crippen LogP contribution in [0.4, 0.5) is 0 Å². The lowest BCUT2D eigenvalue weighted by Crippen LogP contribution is -2.39. The summed E-state index contributed by atoms with van der Waals surface area (Å²) in [6.07, 6.45) is 0.0411. The van der Waals surface area contributed by atoms with Gasteiger partial charge >= 0.3 is 5.97 Å². The molecule has 124 valence electrons. The van der Waals surface area contributed by atoms with E-state index in [0.717, 1.165) is 5.56 Å². The van der Waals surface area contributed by atoms with E-state index < -0.39 is 5.97 Å². The first-order valence-corrected chi connectivity index (χ1v) is 8.29. The summed E-state index contributed by atoms with van der Waals surface area (Å²) in [6.45, 7) is 5.75. The number of oxazole rings is 1. The fraction of sp³-hybridized carbons (Fsp3) is 0.438. The van der Waals surface area contributed by atoms with Gasteiger partial charge in [0.2, 0.25) is 11.8 Å². The molecule has 0 aromatic carbocycles. The van der Waals surface area contributed by atoms with Crippen molar-refractivity contribution in [3.05, 3.63) is 28.3 Å². The van der Waals surface area contributed by atoms with Crippen LogP contribution in [-0.4, -0.2) is 40.0 Å². The number of hydrogen-bond donors (Lipinski definition) is 1. The van der Waals surface area contributed by atoms with Gasteiger partial charge in [0.15, 0.2) is 0 Å². The maximum Gasteiger partial charge on any atom is 0.323 e. The number of hydrogen-bond acceptors (Lipinski definition) is 5. The summed E-state index contributed by atoms with van der Waals surface area (Å²) in [6, 6.07) is 1.90. The van der Waals surface area contributed by atoms with Crippen molar-refractivity contribution in [1.29, 1.82) is 0 Å². The number of carboxylic acids is 1. The molecule has 2 aromatic rings. The fourth-order valence-corrected chi connectivity index (χ4v) is 2.85. The quantitative estimate of drug-likeness (QED) is 0.840. The monoisotopic (exact) mass is 336 g/mol. The smallest absolute Gasteiger partial charge is 0.323 e. The van der Waals surface area contributed by atoms with E-state index in [1.54, 1.807) is 18.3 Å². The Morgan fingerprint density at radius 2 is 2.17 bits per heavy atom. The lowest BCUT2D eigenvalue weighted by Gasteiger charge is -2.22. The van der Waals surface area contributed by atoms with Crippen LogP contribution in [0.1, 0.15) is 25.3 Å². The number of aryl methyl sites for hydroxylation is 1. The van der Waals surface area contributed by atoms with Gasteiger partial charge in [0.1, 0.15) is 12.3 Å². The summed E-state index contributed by atoms with van der Waals surface area (Å²) in [5.74, 6) is -0.0122. The Bertz CT molecular complexity index is 676. The van der Waals surface area contributed by atoms with E-state index in [4.69, 9.17) is 9.52 Å². The molecule has 2 rings (SSSR count). The molecule has 0 saturated heterocycles. The van der Waals surface area contributed by atoms with E-state index in [9.17, 15) is 9.59 Å². The predicted molar refractivity (Wildman–Crippen MR) is 87.3 cm³/mol. The van der Waals surface area contributed by atoms with Gasteiger partial charge in [0, 0.05) is 17.5 Å². The highest BCUT2D eigenvalue weighted by Gasteiger charge is 2.21. The third-order valence-electron chi connectivity index (χ3n) is 3.24. The topological polar surface area (TPSA) is 83.6 Å². The van der Waals surface area contributed by atoms with Crippen LogP contribution in [0.15, 0.2) is 21.2 Å². The summed E-state index contributed by atoms with van der Waals surface area (Å²) >= 11 is 1.54. The summed E-state index contributed by atoms with van der Waals surface area (Å²) in [7, 11) is 0. The number of aliphatic carboxylic acids is 1. The Balaban J connectivity index is 2.13. The third kappa shape index (κ3) is 4.66. The van der Waals surface area contributed by atoms with E-state index in [1.807, 2.05) is 30.7 Å². The molecule has 0 aliphatic carbocycles. The van der Waals surface area contributed by atoms with Crippen molar-refractivity contribution in [2.75, 3.05) is 13.1 Å². The Morgan fingerprint density at radius 3 is 2.74 bits per heavy atom. The molecule has 0 atom stereocenters. The highest BCUT2D eigenvalue weighted by molar-refractivity contribution is 7.08. The molecule has 0 unspecified atom stereocenters. The molecule has 1 amide bonds. The Morgan fingerprint density at radius 1 is 1.43 bits per heavy atom. The van der Waals surface area contributed by atoms with Crippen molar-refractivity contribution in [1.82, 2.24) is 9.88 Å². The van der Waals surface area contributed by atoms with Crippen molar-refractivity contribution >= 4 is 23.2 Å². The van der Waals surface area contributed by atoms with Crippen LogP contribution in [-0.2, 0) is 16.0 Å². The third-order valence-corrected chi connectivity index (χ3v) is 3.93. The minimum absolute atomic E-state index is 0.0411. The Kier molecular flexibility index (Phi) is 5.54. The van der Waals surface area contributed by atoms with Crippen LogP contribution >= 0.6 is 11.3 Å². The largest absolute Gasteiger partial charge is 0.480 e. The number of amides is 1. The zero-order valence-corrected chi connectivity index (χ0v) is 14.2. The molecule has 2 aromatic heterocycles. The van der Waals surface area contributed by atoms with E-state index >= 15 is 0 Å². The summed E-state index contributed by atoms with van der Waals surface area (Å²) in [5, 5.41) is 12.8. The average molecular weight is 336 g/mol. The molecular weight excluding hydrogens is 316 g/mol. The van der Waals surface area contributed by atoms with E-state index in [2.05, 4.69) is 4.98 Å². The van der Waals surface area contributed by atoms with Crippen LogP contribution < -0.4 is 0 Å². The number of thiophene rings is 1. The van der Waals surface area contributed by atoms with Crippen LogP contribution in [0.3, 0.4) is 0 Å². The van der Waals surface area contributed by atoms with E-state index in [0.29, 0.717) is 23.9 Å². The van der Waals surface area contributed by atoms with Crippen molar-refractivity contribution in [2.24, 2.45) is 5.92 Å². The maximum absolute atomic E-state index is 12.4. The van der Waals surface area contributed by atoms with Gasteiger partial charge in [-0.1, -0.05) is 13.8 Å². The summed E-state index contributed by atoms with van der Waals surface area (Å²) in [4.78, 5) is 29.1. The SMILES string of the molecule is Cc1oc(-c2ccsc2)nc1CC(=O)N(CC(=O)O)CC(C)C. The number of carbonyl (C=O) groups excluding carboxylic acids is 1. The second-order valence-corrected chi connectivity index (χ2v) is 6.55. The number of carbonyl (C=O) groups is 2. The second-order valence-electron chi connectivity index (χ2n) is 5.77. The predicted octanol–water partition coefficient (Wildman–Crippen LogP) is 2.82. The first kappa shape index (κ1) is 17.2. The normalized spacial score (nSPS) is 11.0. The molecule has 1 N–H and O–H groups in total. The Labute approximate surface area is 138 Å². The highest BCUT2D eigenvalue weighted by atomic mass is 32.1. The maximum atomic E-state index is 12.4. The van der Waals surface area contributed by atoms with Crippen molar-refractivity contribution in [2.45, 2.75) is 27.2 Å². The first-order valence-electron chi connectivity index (χ1n) is 7.35. The lowest BCUT2D eigenvalue weighted by molar-refractivity contribution is -0.144. The van der Waals surface area contributed by atoms with Gasteiger partial charge in [0.25, 0.3) is 0 Å². The zero-order valence-electron chi connectivity index (χ0n) is 13.4. The van der Waals surface area contributed by atoms with Gasteiger partial charge in [-0.25, -0.2) is 4.98 Å². The molecule has 23 heavy (non-hydrogen) atoms. The van der Waals surface area contributed by atoms with Crippen molar-refractivity contribution in [3.63, 3.8) is 0 Å². The lowest BCUT2D eigenvalue weighted by atomic mass is 10.2. The molecule has 0 spiro atoms. The zero-order chi connectivity index (χ0) is 17.0. The van der Waals surface area contributed by atoms with Crippen LogP contribution in [0.25, 0.3) is 11.5 Å². The first-order chi connectivity index (χ1) is 10.9. The number of carboxylic acid groups (broad SMARTS) is 1. The molecule has 0 radical (unpaired) electrons. The van der Waals surface area contributed by atoms with Crippen LogP contribution in [0.2, 0.25) is 0 Å². The number of rotatable bonds is 7. The standard InChI is InChI=1S/C16H20N2O4S/c1-10(2)7-18(8-15(20)21)14(19)6-13-11(3)22-16(17-13)12-4-5-23-9-12/h4-5,9-10H,6-8H2,1-3H3,(H,20,21). The molecule has 0 bridgehead atoms. The van der Waals surface area contributed by atoms with Gasteiger partial charge in [-0.15, -0.1) is 0 Å². The molecule has 2 heterocycles. The van der Waals surface area contributed by atoms with Gasteiger partial charge in [-0.3, -0.25) is 9.59 Å². The van der Waals surface area contributed by atoms with Gasteiger partial charge < -0.3 is 14.4 Å². The minimum Gasteiger partial charge on any atom is -0.480 e. The van der Waals surface area contributed by atoms with Gasteiger partial charge in [-0.2, -0.15) is 11.3 Å². The Hall–Kier alpha value is -2.15. The molecule has 0 saturated carbocycles. The minimum atomic E-state index is -1.02. The molecule has 7 heteroatoms. The summed E-state index contributed by atoms with van der Waals surface area (Å²) < 4.78 is 5.61. The fourth-order valence-electron chi connectivity index (χ4n) is 2.22. The molecule has 6 nitrogen and oxygen atoms in total. The van der Waals surface area contributed by atoms with Crippen LogP contribution in [0, 0.1) is 12.8 Å². The van der Waals surface area contributed by atoms with Crippen molar-refractivity contribution < 1.29 is 19.1 Å². The molecule has 0 fully saturated rings. The number of nitrogens with zero attached hydrogens (tertiary/aromatic N) is 2. The van der Waals surface area contributed by atoms with Gasteiger partial charge in [-0.05, 0) is 24.3 Å². The highest BCUT2D eigenvalue weighted by Crippen LogP contribution is 2.24. The van der Waals surface area contributed by atoms with Crippen LogP contribution in [0.5, 0.6) is 0 Å². The van der Waals surface area contributed by atoms with E-state index in [1.165, 1.54) is 4.90 Å².